The first kappa shape index (κ1) is 7.56. The highest BCUT2D eigenvalue weighted by Gasteiger charge is 2.25. The second kappa shape index (κ2) is 3.55. The third-order valence-electron chi connectivity index (χ3n) is 3.00. The average Bonchev–Trinajstić information content (AvgIpc) is 2.58. The van der Waals surface area contributed by atoms with E-state index < -0.39 is 0 Å². The summed E-state index contributed by atoms with van der Waals surface area (Å²) in [6.45, 7) is 3.74. The lowest BCUT2D eigenvalue weighted by Crippen LogP contribution is -2.40. The number of nitrogens with one attached hydrogen (secondary N) is 2. The highest BCUT2D eigenvalue weighted by Crippen LogP contribution is 2.20. The van der Waals surface area contributed by atoms with Crippen LogP contribution in [-0.2, 0) is 0 Å². The normalized spacial score (nSPS) is 39.3. The van der Waals surface area contributed by atoms with Gasteiger partial charge in [0, 0.05) is 6.04 Å². The molecule has 0 spiro atoms. The lowest BCUT2D eigenvalue weighted by molar-refractivity contribution is 0.304. The second-order valence-electron chi connectivity index (χ2n) is 3.81. The van der Waals surface area contributed by atoms with Gasteiger partial charge in [-0.1, -0.05) is 0 Å². The third-order valence-corrected chi connectivity index (χ3v) is 3.00. The van der Waals surface area contributed by atoms with Gasteiger partial charge in [-0.2, -0.15) is 0 Å². The van der Waals surface area contributed by atoms with E-state index in [1.54, 1.807) is 0 Å². The topological polar surface area (TPSA) is 24.1 Å². The summed E-state index contributed by atoms with van der Waals surface area (Å²) < 4.78 is 0. The zero-order valence-corrected chi connectivity index (χ0v) is 7.10. The van der Waals surface area contributed by atoms with Gasteiger partial charge in [0.15, 0.2) is 0 Å². The van der Waals surface area contributed by atoms with Crippen LogP contribution in [0.25, 0.3) is 0 Å². The fourth-order valence-electron chi connectivity index (χ4n) is 2.34. The fraction of sp³-hybridized carbons (Fsp3) is 1.00. The number of rotatable bonds is 1. The first-order valence-electron chi connectivity index (χ1n) is 4.91. The van der Waals surface area contributed by atoms with Gasteiger partial charge in [-0.05, 0) is 51.2 Å². The largest absolute Gasteiger partial charge is 0.316 e. The zero-order valence-electron chi connectivity index (χ0n) is 7.10. The first-order chi connectivity index (χ1) is 5.47. The van der Waals surface area contributed by atoms with Crippen LogP contribution in [0.1, 0.15) is 25.7 Å². The smallest absolute Gasteiger partial charge is 0.0108 e. The molecule has 2 aliphatic heterocycles. The minimum absolute atomic E-state index is 0.836. The monoisotopic (exact) mass is 154 g/mol. The summed E-state index contributed by atoms with van der Waals surface area (Å²) in [4.78, 5) is 0. The summed E-state index contributed by atoms with van der Waals surface area (Å²) in [6.07, 6.45) is 5.61. The van der Waals surface area contributed by atoms with Gasteiger partial charge in [0.2, 0.25) is 0 Å². The molecular weight excluding hydrogens is 136 g/mol. The molecule has 2 fully saturated rings. The predicted molar refractivity (Wildman–Crippen MR) is 46.6 cm³/mol. The van der Waals surface area contributed by atoms with Crippen LogP contribution in [-0.4, -0.2) is 25.7 Å². The Bertz CT molecular complexity index is 113. The Morgan fingerprint density at radius 3 is 2.55 bits per heavy atom. The van der Waals surface area contributed by atoms with E-state index in [1.165, 1.54) is 45.3 Å². The third kappa shape index (κ3) is 1.74. The Hall–Kier alpha value is -0.0800. The molecule has 2 heterocycles. The summed E-state index contributed by atoms with van der Waals surface area (Å²) in [7, 11) is 0. The van der Waals surface area contributed by atoms with Crippen molar-refractivity contribution >= 4 is 0 Å². The summed E-state index contributed by atoms with van der Waals surface area (Å²) in [6, 6.07) is 0.836. The highest BCUT2D eigenvalue weighted by molar-refractivity contribution is 4.84. The van der Waals surface area contributed by atoms with Gasteiger partial charge in [-0.15, -0.1) is 0 Å². The van der Waals surface area contributed by atoms with Crippen LogP contribution >= 0.6 is 0 Å². The van der Waals surface area contributed by atoms with Crippen LogP contribution < -0.4 is 10.6 Å². The maximum absolute atomic E-state index is 3.59. The molecule has 2 rings (SSSR count). The molecule has 0 aromatic heterocycles. The lowest BCUT2D eigenvalue weighted by atomic mass is 9.91. The van der Waals surface area contributed by atoms with Crippen LogP contribution in [0.5, 0.6) is 0 Å². The van der Waals surface area contributed by atoms with E-state index in [4.69, 9.17) is 0 Å². The molecule has 0 amide bonds. The van der Waals surface area contributed by atoms with Gasteiger partial charge in [0.1, 0.15) is 0 Å². The average molecular weight is 154 g/mol. The molecule has 2 aliphatic rings. The number of hydrogen-bond donors (Lipinski definition) is 2. The lowest BCUT2D eigenvalue weighted by Gasteiger charge is -2.28. The molecule has 2 saturated heterocycles. The van der Waals surface area contributed by atoms with E-state index in [1.807, 2.05) is 0 Å². The van der Waals surface area contributed by atoms with Crippen LogP contribution in [0.4, 0.5) is 0 Å². The zero-order chi connectivity index (χ0) is 7.52. The molecule has 0 radical (unpaired) electrons. The van der Waals surface area contributed by atoms with Crippen molar-refractivity contribution in [1.82, 2.24) is 10.6 Å². The summed E-state index contributed by atoms with van der Waals surface area (Å²) in [5, 5.41) is 7.06. The van der Waals surface area contributed by atoms with Crippen molar-refractivity contribution in [3.63, 3.8) is 0 Å². The molecule has 0 aromatic rings. The molecule has 0 saturated carbocycles. The summed E-state index contributed by atoms with van der Waals surface area (Å²) >= 11 is 0. The second-order valence-corrected chi connectivity index (χ2v) is 3.81. The number of hydrogen-bond acceptors (Lipinski definition) is 2. The van der Waals surface area contributed by atoms with E-state index in [-0.39, 0.29) is 0 Å². The molecule has 64 valence electrons. The molecule has 2 unspecified atom stereocenters. The van der Waals surface area contributed by atoms with Crippen LogP contribution in [0.3, 0.4) is 0 Å². The van der Waals surface area contributed by atoms with Crippen molar-refractivity contribution in [1.29, 1.82) is 0 Å². The van der Waals surface area contributed by atoms with Crippen molar-refractivity contribution in [2.24, 2.45) is 5.92 Å². The minimum Gasteiger partial charge on any atom is -0.316 e. The standard InChI is InChI=1S/C9H18N2/c1-3-8(7-10-5-1)9-4-2-6-11-9/h8-11H,1-7H2. The summed E-state index contributed by atoms with van der Waals surface area (Å²) in [5.74, 6) is 0.922. The van der Waals surface area contributed by atoms with E-state index >= 15 is 0 Å². The van der Waals surface area contributed by atoms with Gasteiger partial charge in [-0.25, -0.2) is 0 Å². The molecule has 0 aromatic carbocycles. The predicted octanol–water partition coefficient (Wildman–Crippen LogP) is 0.738. The van der Waals surface area contributed by atoms with Crippen LogP contribution in [0.2, 0.25) is 0 Å². The highest BCUT2D eigenvalue weighted by atomic mass is 15.0. The molecule has 0 aliphatic carbocycles. The minimum atomic E-state index is 0.836. The maximum Gasteiger partial charge on any atom is 0.0108 e. The Morgan fingerprint density at radius 1 is 1.00 bits per heavy atom. The van der Waals surface area contributed by atoms with Gasteiger partial charge < -0.3 is 10.6 Å². The van der Waals surface area contributed by atoms with E-state index in [0.717, 1.165) is 12.0 Å². The molecule has 2 heteroatoms. The van der Waals surface area contributed by atoms with Gasteiger partial charge in [0.25, 0.3) is 0 Å². The fourth-order valence-corrected chi connectivity index (χ4v) is 2.34. The maximum atomic E-state index is 3.59. The Morgan fingerprint density at radius 2 is 1.91 bits per heavy atom. The molecular formula is C9H18N2. The Kier molecular flexibility index (Phi) is 2.44. The molecule has 11 heavy (non-hydrogen) atoms. The molecule has 2 nitrogen and oxygen atoms in total. The van der Waals surface area contributed by atoms with Crippen molar-refractivity contribution in [2.45, 2.75) is 31.7 Å². The summed E-state index contributed by atoms with van der Waals surface area (Å²) in [5.41, 5.74) is 0. The Labute approximate surface area is 68.7 Å². The van der Waals surface area contributed by atoms with Crippen LogP contribution in [0.15, 0.2) is 0 Å². The SMILES string of the molecule is C1CNCC(C2CCCN2)C1. The van der Waals surface area contributed by atoms with E-state index in [0.29, 0.717) is 0 Å². The number of piperidine rings is 1. The molecule has 2 atom stereocenters. The van der Waals surface area contributed by atoms with Crippen LogP contribution in [0, 0.1) is 5.92 Å². The van der Waals surface area contributed by atoms with Crippen molar-refractivity contribution in [2.75, 3.05) is 19.6 Å². The van der Waals surface area contributed by atoms with Gasteiger partial charge >= 0.3 is 0 Å². The van der Waals surface area contributed by atoms with Crippen molar-refractivity contribution in [3.8, 4) is 0 Å². The van der Waals surface area contributed by atoms with Crippen molar-refractivity contribution < 1.29 is 0 Å². The van der Waals surface area contributed by atoms with Gasteiger partial charge in [-0.3, -0.25) is 0 Å². The van der Waals surface area contributed by atoms with E-state index in [9.17, 15) is 0 Å². The van der Waals surface area contributed by atoms with Gasteiger partial charge in [0.05, 0.1) is 0 Å². The van der Waals surface area contributed by atoms with Crippen molar-refractivity contribution in [3.05, 3.63) is 0 Å². The molecule has 2 N–H and O–H groups in total. The van der Waals surface area contributed by atoms with E-state index in [2.05, 4.69) is 10.6 Å². The Balaban J connectivity index is 1.82. The molecule has 0 bridgehead atoms. The quantitative estimate of drug-likeness (QED) is 0.582. The first-order valence-corrected chi connectivity index (χ1v) is 4.91.